The number of aromatic nitrogens is 4. The van der Waals surface area contributed by atoms with Crippen molar-refractivity contribution in [2.75, 3.05) is 12.4 Å². The van der Waals surface area contributed by atoms with Crippen molar-refractivity contribution in [1.29, 1.82) is 0 Å². The molecule has 2 amide bonds. The molecule has 0 aliphatic heterocycles. The van der Waals surface area contributed by atoms with E-state index in [-0.39, 0.29) is 11.8 Å². The number of pyridine rings is 1. The molecule has 0 saturated heterocycles. The van der Waals surface area contributed by atoms with E-state index in [2.05, 4.69) is 15.3 Å². The molecule has 8 nitrogen and oxygen atoms in total. The first-order valence-corrected chi connectivity index (χ1v) is 13.4. The molecule has 0 radical (unpaired) electrons. The van der Waals surface area contributed by atoms with Crippen LogP contribution in [0.15, 0.2) is 42.7 Å². The summed E-state index contributed by atoms with van der Waals surface area (Å²) in [5, 5.41) is 8.91. The summed E-state index contributed by atoms with van der Waals surface area (Å²) in [6, 6.07) is 9.17. The lowest BCUT2D eigenvalue weighted by molar-refractivity contribution is -0.114. The largest absolute Gasteiger partial charge is 0.337 e. The summed E-state index contributed by atoms with van der Waals surface area (Å²) in [5.41, 5.74) is 6.56. The number of halogens is 1. The van der Waals surface area contributed by atoms with Gasteiger partial charge >= 0.3 is 0 Å². The van der Waals surface area contributed by atoms with Gasteiger partial charge in [-0.25, -0.2) is 9.67 Å². The number of thiazole rings is 1. The molecule has 1 N–H and O–H groups in total. The van der Waals surface area contributed by atoms with Crippen molar-refractivity contribution in [3.8, 4) is 16.3 Å². The molecule has 4 aromatic rings. The summed E-state index contributed by atoms with van der Waals surface area (Å²) >= 11 is 8.28. The van der Waals surface area contributed by atoms with Gasteiger partial charge < -0.3 is 10.2 Å². The fraction of sp³-hybridized carbons (Fsp3) is 0.296. The molecule has 2 aliphatic carbocycles. The third kappa shape index (κ3) is 4.53. The second-order valence-corrected chi connectivity index (χ2v) is 11.0. The quantitative estimate of drug-likeness (QED) is 0.366. The number of amides is 2. The van der Waals surface area contributed by atoms with Gasteiger partial charge in [0.1, 0.15) is 0 Å². The smallest absolute Gasteiger partial charge is 0.253 e. The molecule has 1 aromatic carbocycles. The Morgan fingerprint density at radius 1 is 1.19 bits per heavy atom. The van der Waals surface area contributed by atoms with Crippen molar-refractivity contribution >= 4 is 39.9 Å². The Labute approximate surface area is 223 Å². The molecule has 3 heterocycles. The van der Waals surface area contributed by atoms with Crippen LogP contribution in [0.4, 0.5) is 5.13 Å². The highest BCUT2D eigenvalue weighted by Gasteiger charge is 2.36. The van der Waals surface area contributed by atoms with Gasteiger partial charge in [0.25, 0.3) is 5.91 Å². The molecule has 0 bridgehead atoms. The van der Waals surface area contributed by atoms with Crippen LogP contribution in [0.1, 0.15) is 58.6 Å². The number of nitrogens with one attached hydrogen (secondary N) is 1. The van der Waals surface area contributed by atoms with Crippen molar-refractivity contribution < 1.29 is 9.59 Å². The van der Waals surface area contributed by atoms with Gasteiger partial charge in [0.15, 0.2) is 5.13 Å². The minimum Gasteiger partial charge on any atom is -0.337 e. The number of hydrogen-bond acceptors (Lipinski definition) is 6. The fourth-order valence-corrected chi connectivity index (χ4v) is 6.20. The summed E-state index contributed by atoms with van der Waals surface area (Å²) in [4.78, 5) is 36.1. The molecule has 0 spiro atoms. The molecule has 1 fully saturated rings. The van der Waals surface area contributed by atoms with E-state index in [1.165, 1.54) is 23.8 Å². The third-order valence-corrected chi connectivity index (χ3v) is 8.05. The highest BCUT2D eigenvalue weighted by molar-refractivity contribution is 7.19. The molecule has 188 valence electrons. The molecule has 37 heavy (non-hydrogen) atoms. The Morgan fingerprint density at radius 3 is 2.68 bits per heavy atom. The lowest BCUT2D eigenvalue weighted by Crippen LogP contribution is -2.26. The van der Waals surface area contributed by atoms with Gasteiger partial charge in [-0.3, -0.25) is 14.6 Å². The van der Waals surface area contributed by atoms with Gasteiger partial charge in [-0.1, -0.05) is 22.9 Å². The van der Waals surface area contributed by atoms with Crippen molar-refractivity contribution in [3.63, 3.8) is 0 Å². The van der Waals surface area contributed by atoms with Crippen LogP contribution in [0.5, 0.6) is 0 Å². The average Bonchev–Trinajstić information content (AvgIpc) is 3.53. The topological polar surface area (TPSA) is 93.0 Å². The monoisotopic (exact) mass is 532 g/mol. The maximum absolute atomic E-state index is 13.1. The lowest BCUT2D eigenvalue weighted by Gasteiger charge is -2.18. The summed E-state index contributed by atoms with van der Waals surface area (Å²) < 4.78 is 1.91. The molecular weight excluding hydrogens is 508 g/mol. The maximum atomic E-state index is 13.1. The van der Waals surface area contributed by atoms with E-state index < -0.39 is 0 Å². The highest BCUT2D eigenvalue weighted by atomic mass is 35.5. The molecular formula is C27H25ClN6O2S. The molecule has 0 unspecified atom stereocenters. The summed E-state index contributed by atoms with van der Waals surface area (Å²) in [6.45, 7) is 1.96. The number of fused-ring (bicyclic) bond motifs is 3. The SMILES string of the molecule is CC(=O)Nc1nc2c(s1)-c1c(c(C3CC3)nn1-c1ccc(C(=O)N(C)Cc3ccncc3)cc1Cl)CC2. The molecule has 3 aromatic heterocycles. The molecule has 2 aliphatic rings. The summed E-state index contributed by atoms with van der Waals surface area (Å²) in [5.74, 6) is 0.215. The summed E-state index contributed by atoms with van der Waals surface area (Å²) in [7, 11) is 1.77. The third-order valence-electron chi connectivity index (χ3n) is 6.72. The van der Waals surface area contributed by atoms with Gasteiger partial charge in [0, 0.05) is 50.0 Å². The van der Waals surface area contributed by atoms with Crippen LogP contribution < -0.4 is 5.32 Å². The minimum absolute atomic E-state index is 0.115. The standard InChI is InChI=1S/C27H25ClN6O2S/c1-15(35)30-27-31-21-7-6-19-23(17-3-4-17)32-34(24(19)25(21)37-27)22-8-5-18(13-20(22)28)26(36)33(2)14-16-9-11-29-12-10-16/h5,8-13,17H,3-4,6-7,14H2,1-2H3,(H,30,31,35). The Hall–Kier alpha value is -3.56. The molecule has 10 heteroatoms. The lowest BCUT2D eigenvalue weighted by atomic mass is 9.96. The average molecular weight is 533 g/mol. The van der Waals surface area contributed by atoms with Crippen molar-refractivity contribution in [2.45, 2.75) is 45.1 Å². The number of nitrogens with zero attached hydrogens (tertiary/aromatic N) is 5. The Balaban J connectivity index is 1.36. The molecule has 6 rings (SSSR count). The van der Waals surface area contributed by atoms with Gasteiger partial charge in [-0.05, 0) is 61.6 Å². The number of carbonyl (C=O) groups is 2. The predicted molar refractivity (Wildman–Crippen MR) is 143 cm³/mol. The van der Waals surface area contributed by atoms with E-state index in [9.17, 15) is 9.59 Å². The predicted octanol–water partition coefficient (Wildman–Crippen LogP) is 5.25. The molecule has 0 atom stereocenters. The number of benzene rings is 1. The van der Waals surface area contributed by atoms with Crippen LogP contribution in [-0.2, 0) is 24.2 Å². The van der Waals surface area contributed by atoms with Crippen molar-refractivity contribution in [3.05, 3.63) is 75.8 Å². The zero-order valence-corrected chi connectivity index (χ0v) is 22.1. The van der Waals surface area contributed by atoms with Crippen LogP contribution in [-0.4, -0.2) is 43.5 Å². The van der Waals surface area contributed by atoms with Crippen LogP contribution >= 0.6 is 22.9 Å². The van der Waals surface area contributed by atoms with Crippen LogP contribution in [0, 0.1) is 0 Å². The van der Waals surface area contributed by atoms with E-state index in [1.54, 1.807) is 36.5 Å². The first-order chi connectivity index (χ1) is 17.9. The van der Waals surface area contributed by atoms with Gasteiger partial charge in [-0.15, -0.1) is 0 Å². The zero-order valence-electron chi connectivity index (χ0n) is 20.5. The van der Waals surface area contributed by atoms with E-state index in [0.717, 1.165) is 58.9 Å². The van der Waals surface area contributed by atoms with Crippen molar-refractivity contribution in [2.24, 2.45) is 0 Å². The minimum atomic E-state index is -0.143. The zero-order chi connectivity index (χ0) is 25.7. The number of aryl methyl sites for hydroxylation is 1. The number of rotatable bonds is 6. The van der Waals surface area contributed by atoms with Crippen molar-refractivity contribution in [1.82, 2.24) is 24.6 Å². The first kappa shape index (κ1) is 23.8. The van der Waals surface area contributed by atoms with Crippen LogP contribution in [0.25, 0.3) is 16.3 Å². The van der Waals surface area contributed by atoms with Gasteiger partial charge in [-0.2, -0.15) is 5.10 Å². The Morgan fingerprint density at radius 2 is 1.97 bits per heavy atom. The van der Waals surface area contributed by atoms with Gasteiger partial charge in [0.05, 0.1) is 32.7 Å². The Kier molecular flexibility index (Phi) is 6.04. The highest BCUT2D eigenvalue weighted by Crippen LogP contribution is 2.48. The van der Waals surface area contributed by atoms with E-state index in [4.69, 9.17) is 16.7 Å². The van der Waals surface area contributed by atoms with E-state index in [1.807, 2.05) is 22.9 Å². The van der Waals surface area contributed by atoms with Gasteiger partial charge in [0.2, 0.25) is 5.91 Å². The van der Waals surface area contributed by atoms with Crippen LogP contribution in [0.3, 0.4) is 0 Å². The normalized spacial score (nSPS) is 14.1. The number of anilines is 1. The second kappa shape index (κ2) is 9.39. The van der Waals surface area contributed by atoms with E-state index >= 15 is 0 Å². The number of hydrogen-bond donors (Lipinski definition) is 1. The molecule has 1 saturated carbocycles. The van der Waals surface area contributed by atoms with Crippen LogP contribution in [0.2, 0.25) is 5.02 Å². The first-order valence-electron chi connectivity index (χ1n) is 12.2. The second-order valence-electron chi connectivity index (χ2n) is 9.56. The Bertz CT molecular complexity index is 1530. The fourth-order valence-electron chi connectivity index (χ4n) is 4.83. The number of carbonyl (C=O) groups excluding carboxylic acids is 2. The maximum Gasteiger partial charge on any atom is 0.253 e. The summed E-state index contributed by atoms with van der Waals surface area (Å²) in [6.07, 6.45) is 7.38. The van der Waals surface area contributed by atoms with E-state index in [0.29, 0.717) is 28.2 Å².